The lowest BCUT2D eigenvalue weighted by Gasteiger charge is -2.35. The van der Waals surface area contributed by atoms with Crippen molar-refractivity contribution in [3.63, 3.8) is 0 Å². The van der Waals surface area contributed by atoms with Crippen LogP contribution in [0.4, 0.5) is 0 Å². The summed E-state index contributed by atoms with van der Waals surface area (Å²) in [6, 6.07) is 15.1. The second-order valence-corrected chi connectivity index (χ2v) is 9.51. The fraction of sp³-hybridized carbons (Fsp3) is 0.550. The zero-order valence-electron chi connectivity index (χ0n) is 15.2. The molecule has 0 unspecified atom stereocenters. The van der Waals surface area contributed by atoms with Crippen molar-refractivity contribution in [1.82, 2.24) is 0 Å². The molecule has 1 aromatic carbocycles. The van der Waals surface area contributed by atoms with Gasteiger partial charge in [0.15, 0.2) is 5.41 Å². The molecule has 3 aliphatic rings. The van der Waals surface area contributed by atoms with Gasteiger partial charge in [-0.25, -0.2) is 4.99 Å². The minimum Gasteiger partial charge on any atom is -0.386 e. The van der Waals surface area contributed by atoms with E-state index in [1.807, 2.05) is 25.1 Å². The number of hydrogen-bond acceptors (Lipinski definition) is 6. The third kappa shape index (κ3) is 1.59. The summed E-state index contributed by atoms with van der Waals surface area (Å²) in [7, 11) is 0. The third-order valence-electron chi connectivity index (χ3n) is 6.65. The smallest absolute Gasteiger partial charge is 0.230 e. The second kappa shape index (κ2) is 5.03. The van der Waals surface area contributed by atoms with Crippen LogP contribution < -0.4 is 5.73 Å². The summed E-state index contributed by atoms with van der Waals surface area (Å²) in [5.74, 6) is 1.00. The van der Waals surface area contributed by atoms with E-state index in [1.54, 1.807) is 0 Å². The first-order valence-electron chi connectivity index (χ1n) is 8.79. The second-order valence-electron chi connectivity index (χ2n) is 8.26. The zero-order valence-corrected chi connectivity index (χ0v) is 16.1. The highest BCUT2D eigenvalue weighted by Crippen LogP contribution is 2.89. The van der Waals surface area contributed by atoms with Crippen LogP contribution in [0.5, 0.6) is 0 Å². The van der Waals surface area contributed by atoms with Crippen LogP contribution >= 0.6 is 11.8 Å². The molecule has 4 atom stereocenters. The van der Waals surface area contributed by atoms with Crippen molar-refractivity contribution >= 4 is 17.6 Å². The maximum absolute atomic E-state index is 10.3. The van der Waals surface area contributed by atoms with Gasteiger partial charge in [0.1, 0.15) is 11.3 Å². The molecule has 2 fully saturated rings. The number of aliphatic imine (C=N–C) groups is 1. The maximum atomic E-state index is 10.3. The molecule has 134 valence electrons. The number of rotatable bonds is 3. The molecule has 5 nitrogen and oxygen atoms in total. The number of amidine groups is 1. The Morgan fingerprint density at radius 3 is 2.50 bits per heavy atom. The SMILES string of the molecule is CC(C)(C[C@]1(C)[C@]2(C#N)C(N)=N[C@@]3(OCCS3)[C@]12C#N)c1ccccc1. The van der Waals surface area contributed by atoms with E-state index in [0.717, 1.165) is 5.75 Å². The molecular formula is C20H22N4OS. The van der Waals surface area contributed by atoms with Crippen molar-refractivity contribution in [1.29, 1.82) is 10.5 Å². The first kappa shape index (κ1) is 17.4. The highest BCUT2D eigenvalue weighted by molar-refractivity contribution is 8.00. The Labute approximate surface area is 158 Å². The Balaban J connectivity index is 1.83. The van der Waals surface area contributed by atoms with E-state index in [9.17, 15) is 10.5 Å². The molecule has 4 rings (SSSR count). The Morgan fingerprint density at radius 1 is 1.27 bits per heavy atom. The van der Waals surface area contributed by atoms with Crippen LogP contribution in [0.3, 0.4) is 0 Å². The van der Waals surface area contributed by atoms with Crippen molar-refractivity contribution in [3.8, 4) is 12.1 Å². The summed E-state index contributed by atoms with van der Waals surface area (Å²) >= 11 is 1.50. The highest BCUT2D eigenvalue weighted by Gasteiger charge is 2.98. The molecule has 26 heavy (non-hydrogen) atoms. The summed E-state index contributed by atoms with van der Waals surface area (Å²) in [6.07, 6.45) is 0.646. The number of hydrogen-bond donors (Lipinski definition) is 1. The Hall–Kier alpha value is -2.02. The molecule has 0 aromatic heterocycles. The molecule has 0 radical (unpaired) electrons. The summed E-state index contributed by atoms with van der Waals surface area (Å²) < 4.78 is 5.98. The van der Waals surface area contributed by atoms with E-state index in [1.165, 1.54) is 17.3 Å². The fourth-order valence-corrected chi connectivity index (χ4v) is 6.95. The van der Waals surface area contributed by atoms with E-state index in [2.05, 4.69) is 43.1 Å². The first-order chi connectivity index (χ1) is 12.3. The first-order valence-corrected chi connectivity index (χ1v) is 9.77. The van der Waals surface area contributed by atoms with E-state index in [4.69, 9.17) is 10.5 Å². The van der Waals surface area contributed by atoms with Gasteiger partial charge in [0.2, 0.25) is 5.06 Å². The van der Waals surface area contributed by atoms with Crippen LogP contribution in [0.25, 0.3) is 0 Å². The lowest BCUT2D eigenvalue weighted by Crippen LogP contribution is -2.38. The fourth-order valence-electron chi connectivity index (χ4n) is 5.54. The van der Waals surface area contributed by atoms with Crippen LogP contribution in [0, 0.1) is 38.9 Å². The van der Waals surface area contributed by atoms with Crippen LogP contribution in [-0.2, 0) is 10.2 Å². The third-order valence-corrected chi connectivity index (χ3v) is 7.92. The number of thioether (sulfide) groups is 1. The molecular weight excluding hydrogens is 344 g/mol. The van der Waals surface area contributed by atoms with Gasteiger partial charge < -0.3 is 10.5 Å². The summed E-state index contributed by atoms with van der Waals surface area (Å²) in [5, 5.41) is 19.4. The predicted octanol–water partition coefficient (Wildman–Crippen LogP) is 3.18. The van der Waals surface area contributed by atoms with Gasteiger partial charge in [0.05, 0.1) is 18.7 Å². The van der Waals surface area contributed by atoms with Gasteiger partial charge >= 0.3 is 0 Å². The Kier molecular flexibility index (Phi) is 3.37. The number of nitrogens with zero attached hydrogens (tertiary/aromatic N) is 3. The van der Waals surface area contributed by atoms with Gasteiger partial charge in [-0.05, 0) is 17.4 Å². The number of fused-ring (bicyclic) bond motifs is 2. The maximum Gasteiger partial charge on any atom is 0.230 e. The highest BCUT2D eigenvalue weighted by atomic mass is 32.2. The van der Waals surface area contributed by atoms with Gasteiger partial charge in [-0.3, -0.25) is 0 Å². The largest absolute Gasteiger partial charge is 0.386 e. The molecule has 1 saturated carbocycles. The minimum atomic E-state index is -1.10. The molecule has 1 aromatic rings. The number of nitriles is 2. The summed E-state index contributed by atoms with van der Waals surface area (Å²) in [5.41, 5.74) is 4.46. The molecule has 1 spiro atoms. The molecule has 0 bridgehead atoms. The van der Waals surface area contributed by atoms with E-state index >= 15 is 0 Å². The quantitative estimate of drug-likeness (QED) is 0.886. The van der Waals surface area contributed by atoms with Crippen LogP contribution in [0.15, 0.2) is 35.3 Å². The number of benzene rings is 1. The zero-order chi connectivity index (χ0) is 18.8. The monoisotopic (exact) mass is 366 g/mol. The van der Waals surface area contributed by atoms with Gasteiger partial charge in [-0.1, -0.05) is 62.9 Å². The molecule has 1 aliphatic carbocycles. The van der Waals surface area contributed by atoms with Crippen molar-refractivity contribution < 1.29 is 4.74 Å². The van der Waals surface area contributed by atoms with Crippen LogP contribution in [0.1, 0.15) is 32.8 Å². The lowest BCUT2D eigenvalue weighted by atomic mass is 9.72. The molecule has 1 saturated heterocycles. The molecule has 2 N–H and O–H groups in total. The van der Waals surface area contributed by atoms with E-state index in [0.29, 0.717) is 13.0 Å². The average Bonchev–Trinajstić information content (AvgIpc) is 2.91. The van der Waals surface area contributed by atoms with Gasteiger partial charge in [0.25, 0.3) is 0 Å². The Bertz CT molecular complexity index is 877. The van der Waals surface area contributed by atoms with Gasteiger partial charge in [-0.2, -0.15) is 10.5 Å². The summed E-state index contributed by atoms with van der Waals surface area (Å²) in [6.45, 7) is 6.83. The minimum absolute atomic E-state index is 0.223. The van der Waals surface area contributed by atoms with Crippen molar-refractivity contribution in [3.05, 3.63) is 35.9 Å². The van der Waals surface area contributed by atoms with Gasteiger partial charge in [0, 0.05) is 11.2 Å². The number of ether oxygens (including phenoxy) is 1. The predicted molar refractivity (Wildman–Crippen MR) is 101 cm³/mol. The summed E-state index contributed by atoms with van der Waals surface area (Å²) in [4.78, 5) is 4.52. The van der Waals surface area contributed by atoms with Crippen LogP contribution in [0.2, 0.25) is 0 Å². The topological polar surface area (TPSA) is 95.2 Å². The van der Waals surface area contributed by atoms with Crippen molar-refractivity contribution in [2.75, 3.05) is 12.4 Å². The normalized spacial score (nSPS) is 40.6. The molecule has 0 amide bonds. The number of nitrogens with two attached hydrogens (primary N) is 1. The van der Waals surface area contributed by atoms with E-state index in [-0.39, 0.29) is 11.3 Å². The molecule has 6 heteroatoms. The van der Waals surface area contributed by atoms with Crippen LogP contribution in [-0.4, -0.2) is 23.3 Å². The molecule has 2 heterocycles. The van der Waals surface area contributed by atoms with Crippen molar-refractivity contribution in [2.24, 2.45) is 27.0 Å². The standard InChI is InChI=1S/C20H22N4OS/c1-16(2,14-7-5-4-6-8-14)11-17(3)18(12-21)15(23)24-20(19(17,18)13-22)25-9-10-26-20/h4-8H,9-11H2,1-3H3,(H2,23,24)/t17-,18+,19-,20-/m1/s1. The van der Waals surface area contributed by atoms with Gasteiger partial charge in [-0.15, -0.1) is 0 Å². The lowest BCUT2D eigenvalue weighted by molar-refractivity contribution is 0.00643. The average molecular weight is 366 g/mol. The van der Waals surface area contributed by atoms with Crippen molar-refractivity contribution in [2.45, 2.75) is 37.7 Å². The van der Waals surface area contributed by atoms with E-state index < -0.39 is 21.3 Å². The molecule has 2 aliphatic heterocycles. The Morgan fingerprint density at radius 2 is 1.96 bits per heavy atom.